The minimum atomic E-state index is 0.0364. The number of aliphatic hydroxyl groups excluding tert-OH is 1. The summed E-state index contributed by atoms with van der Waals surface area (Å²) in [5.41, 5.74) is 0. The molecule has 2 saturated carbocycles. The molecule has 0 bridgehead atoms. The molecule has 0 amide bonds. The van der Waals surface area contributed by atoms with E-state index in [4.69, 9.17) is 0 Å². The summed E-state index contributed by atoms with van der Waals surface area (Å²) in [4.78, 5) is 0. The first-order valence-electron chi connectivity index (χ1n) is 5.04. The molecule has 0 aliphatic heterocycles. The molecular weight excluding hydrogens is 136 g/mol. The van der Waals surface area contributed by atoms with E-state index in [9.17, 15) is 5.11 Å². The second-order valence-electron chi connectivity index (χ2n) is 4.27. The standard InChI is InChI=1S/C10H18O/c11-10-6-5-8-3-1-2-4-9(8)7-10/h8-11H,1-7H2/t8-,9-,10-/m0/s1. The van der Waals surface area contributed by atoms with Crippen molar-refractivity contribution in [1.29, 1.82) is 0 Å². The number of hydrogen-bond donors (Lipinski definition) is 1. The summed E-state index contributed by atoms with van der Waals surface area (Å²) in [7, 11) is 0. The molecule has 0 aromatic rings. The maximum Gasteiger partial charge on any atom is 0.0543 e. The number of fused-ring (bicyclic) bond motifs is 1. The smallest absolute Gasteiger partial charge is 0.0543 e. The highest BCUT2D eigenvalue weighted by Crippen LogP contribution is 2.40. The van der Waals surface area contributed by atoms with Crippen molar-refractivity contribution in [2.75, 3.05) is 0 Å². The van der Waals surface area contributed by atoms with Crippen LogP contribution in [0.4, 0.5) is 0 Å². The zero-order valence-corrected chi connectivity index (χ0v) is 7.13. The average Bonchev–Trinajstić information content (AvgIpc) is 2.04. The Bertz CT molecular complexity index is 133. The van der Waals surface area contributed by atoms with E-state index in [0.29, 0.717) is 0 Å². The van der Waals surface area contributed by atoms with E-state index in [1.807, 2.05) is 0 Å². The van der Waals surface area contributed by atoms with Crippen molar-refractivity contribution < 1.29 is 5.11 Å². The van der Waals surface area contributed by atoms with Crippen LogP contribution in [0.3, 0.4) is 0 Å². The second kappa shape index (κ2) is 3.14. The molecule has 1 nitrogen and oxygen atoms in total. The maximum absolute atomic E-state index is 9.45. The third-order valence-corrected chi connectivity index (χ3v) is 3.51. The summed E-state index contributed by atoms with van der Waals surface area (Å²) in [6.07, 6.45) is 9.19. The molecule has 0 aromatic carbocycles. The van der Waals surface area contributed by atoms with Crippen LogP contribution in [0.5, 0.6) is 0 Å². The van der Waals surface area contributed by atoms with Crippen LogP contribution in [-0.4, -0.2) is 11.2 Å². The van der Waals surface area contributed by atoms with Gasteiger partial charge in [0.2, 0.25) is 0 Å². The quantitative estimate of drug-likeness (QED) is 0.568. The summed E-state index contributed by atoms with van der Waals surface area (Å²) in [6.45, 7) is 0. The van der Waals surface area contributed by atoms with Crippen molar-refractivity contribution in [1.82, 2.24) is 0 Å². The predicted octanol–water partition coefficient (Wildman–Crippen LogP) is 2.34. The van der Waals surface area contributed by atoms with Crippen molar-refractivity contribution in [3.63, 3.8) is 0 Å². The summed E-state index contributed by atoms with van der Waals surface area (Å²) in [5, 5.41) is 9.45. The van der Waals surface area contributed by atoms with Gasteiger partial charge in [-0.15, -0.1) is 0 Å². The molecule has 3 atom stereocenters. The predicted molar refractivity (Wildman–Crippen MR) is 45.3 cm³/mol. The van der Waals surface area contributed by atoms with E-state index in [0.717, 1.165) is 24.7 Å². The maximum atomic E-state index is 9.45. The Labute approximate surface area is 68.8 Å². The van der Waals surface area contributed by atoms with E-state index in [2.05, 4.69) is 0 Å². The lowest BCUT2D eigenvalue weighted by Gasteiger charge is -2.37. The van der Waals surface area contributed by atoms with Crippen molar-refractivity contribution in [2.24, 2.45) is 11.8 Å². The molecule has 0 heterocycles. The van der Waals surface area contributed by atoms with Gasteiger partial charge in [0, 0.05) is 0 Å². The van der Waals surface area contributed by atoms with Crippen molar-refractivity contribution >= 4 is 0 Å². The molecule has 11 heavy (non-hydrogen) atoms. The van der Waals surface area contributed by atoms with Crippen LogP contribution in [0.1, 0.15) is 44.9 Å². The minimum Gasteiger partial charge on any atom is -0.393 e. The molecule has 2 fully saturated rings. The zero-order valence-electron chi connectivity index (χ0n) is 7.13. The molecule has 0 spiro atoms. The van der Waals surface area contributed by atoms with E-state index in [1.54, 1.807) is 0 Å². The van der Waals surface area contributed by atoms with Crippen LogP contribution in [0, 0.1) is 11.8 Å². The normalized spacial score (nSPS) is 45.0. The zero-order chi connectivity index (χ0) is 7.68. The molecule has 64 valence electrons. The van der Waals surface area contributed by atoms with E-state index in [-0.39, 0.29) is 6.10 Å². The van der Waals surface area contributed by atoms with E-state index >= 15 is 0 Å². The molecule has 0 aromatic heterocycles. The fourth-order valence-corrected chi connectivity index (χ4v) is 2.85. The van der Waals surface area contributed by atoms with Crippen LogP contribution < -0.4 is 0 Å². The molecule has 1 N–H and O–H groups in total. The first-order chi connectivity index (χ1) is 5.36. The van der Waals surface area contributed by atoms with Crippen LogP contribution >= 0.6 is 0 Å². The van der Waals surface area contributed by atoms with Crippen LogP contribution in [0.25, 0.3) is 0 Å². The summed E-state index contributed by atoms with van der Waals surface area (Å²) in [6, 6.07) is 0. The monoisotopic (exact) mass is 154 g/mol. The highest BCUT2D eigenvalue weighted by atomic mass is 16.3. The molecule has 0 unspecified atom stereocenters. The van der Waals surface area contributed by atoms with Gasteiger partial charge in [0.1, 0.15) is 0 Å². The largest absolute Gasteiger partial charge is 0.393 e. The van der Waals surface area contributed by atoms with Gasteiger partial charge in [0.25, 0.3) is 0 Å². The van der Waals surface area contributed by atoms with Crippen molar-refractivity contribution in [3.8, 4) is 0 Å². The molecule has 1 heteroatoms. The van der Waals surface area contributed by atoms with Crippen molar-refractivity contribution in [2.45, 2.75) is 51.0 Å². The highest BCUT2D eigenvalue weighted by Gasteiger charge is 2.30. The molecule has 0 radical (unpaired) electrons. The Balaban J connectivity index is 1.93. The van der Waals surface area contributed by atoms with Gasteiger partial charge >= 0.3 is 0 Å². The Morgan fingerprint density at radius 1 is 0.818 bits per heavy atom. The fraction of sp³-hybridized carbons (Fsp3) is 1.00. The Morgan fingerprint density at radius 3 is 2.36 bits per heavy atom. The Hall–Kier alpha value is -0.0400. The molecule has 0 saturated heterocycles. The van der Waals surface area contributed by atoms with Gasteiger partial charge in [-0.3, -0.25) is 0 Å². The SMILES string of the molecule is O[C@H]1CC[C@@H]2CCCC[C@H]2C1. The van der Waals surface area contributed by atoms with Gasteiger partial charge in [0.15, 0.2) is 0 Å². The first-order valence-corrected chi connectivity index (χ1v) is 5.04. The molecule has 2 aliphatic rings. The summed E-state index contributed by atoms with van der Waals surface area (Å²) < 4.78 is 0. The number of rotatable bonds is 0. The van der Waals surface area contributed by atoms with Gasteiger partial charge in [-0.05, 0) is 31.1 Å². The van der Waals surface area contributed by atoms with Crippen LogP contribution in [-0.2, 0) is 0 Å². The Kier molecular flexibility index (Phi) is 2.17. The minimum absolute atomic E-state index is 0.0364. The topological polar surface area (TPSA) is 20.2 Å². The first kappa shape index (κ1) is 7.60. The molecule has 2 rings (SSSR count). The van der Waals surface area contributed by atoms with Gasteiger partial charge in [-0.2, -0.15) is 0 Å². The third kappa shape index (κ3) is 1.58. The molecule has 2 aliphatic carbocycles. The van der Waals surface area contributed by atoms with Gasteiger partial charge < -0.3 is 5.11 Å². The lowest BCUT2D eigenvalue weighted by molar-refractivity contribution is 0.0491. The van der Waals surface area contributed by atoms with Gasteiger partial charge in [-0.25, -0.2) is 0 Å². The number of hydrogen-bond acceptors (Lipinski definition) is 1. The Morgan fingerprint density at radius 2 is 1.55 bits per heavy atom. The number of aliphatic hydroxyl groups is 1. The van der Waals surface area contributed by atoms with Crippen LogP contribution in [0.2, 0.25) is 0 Å². The lowest BCUT2D eigenvalue weighted by atomic mass is 9.70. The molecular formula is C10H18O. The average molecular weight is 154 g/mol. The van der Waals surface area contributed by atoms with Crippen molar-refractivity contribution in [3.05, 3.63) is 0 Å². The third-order valence-electron chi connectivity index (χ3n) is 3.51. The summed E-state index contributed by atoms with van der Waals surface area (Å²) in [5.74, 6) is 1.86. The van der Waals surface area contributed by atoms with Gasteiger partial charge in [0.05, 0.1) is 6.10 Å². The lowest BCUT2D eigenvalue weighted by Crippen LogP contribution is -2.29. The van der Waals surface area contributed by atoms with Crippen LogP contribution in [0.15, 0.2) is 0 Å². The second-order valence-corrected chi connectivity index (χ2v) is 4.27. The highest BCUT2D eigenvalue weighted by molar-refractivity contribution is 4.82. The summed E-state index contributed by atoms with van der Waals surface area (Å²) >= 11 is 0. The van der Waals surface area contributed by atoms with E-state index < -0.39 is 0 Å². The van der Waals surface area contributed by atoms with E-state index in [1.165, 1.54) is 32.1 Å². The van der Waals surface area contributed by atoms with Gasteiger partial charge in [-0.1, -0.05) is 25.7 Å². The fourth-order valence-electron chi connectivity index (χ4n) is 2.85.